The number of para-hydroxylation sites is 3. The van der Waals surface area contributed by atoms with Gasteiger partial charge >= 0.3 is 0 Å². The summed E-state index contributed by atoms with van der Waals surface area (Å²) in [6, 6.07) is 52.9. The normalized spacial score (nSPS) is 12.0. The second-order valence-electron chi connectivity index (χ2n) is 10.6. The lowest BCUT2D eigenvalue weighted by molar-refractivity contribution is 1.19. The molecule has 9 rings (SSSR count). The van der Waals surface area contributed by atoms with E-state index < -0.39 is 0 Å². The standard InChI is InChI=1S/C38H24N2/c1-2-13-26(14-3-1)35-29-16-6-10-20-33(29)40-34-21-11-8-18-31(34)37-36(38(35)40)30-17-7-9-19-32(30)39(37)28-23-22-25-12-4-5-15-27(25)24-28/h1-24H. The van der Waals surface area contributed by atoms with Crippen molar-refractivity contribution in [2.45, 2.75) is 0 Å². The minimum atomic E-state index is 1.18. The minimum absolute atomic E-state index is 1.18. The van der Waals surface area contributed by atoms with Crippen LogP contribution in [0.25, 0.3) is 76.7 Å². The third kappa shape index (κ3) is 2.82. The van der Waals surface area contributed by atoms with Gasteiger partial charge < -0.3 is 8.97 Å². The van der Waals surface area contributed by atoms with Crippen LogP contribution in [0.5, 0.6) is 0 Å². The van der Waals surface area contributed by atoms with Gasteiger partial charge in [-0.1, -0.05) is 115 Å². The number of benzene rings is 6. The van der Waals surface area contributed by atoms with E-state index in [0.29, 0.717) is 0 Å². The second-order valence-corrected chi connectivity index (χ2v) is 10.6. The molecule has 0 unspecified atom stereocenters. The predicted octanol–water partition coefficient (Wildman–Crippen LogP) is 10.2. The van der Waals surface area contributed by atoms with Crippen LogP contribution < -0.4 is 0 Å². The Hall–Kier alpha value is -5.34. The smallest absolute Gasteiger partial charge is 0.0655 e. The van der Waals surface area contributed by atoms with E-state index >= 15 is 0 Å². The summed E-state index contributed by atoms with van der Waals surface area (Å²) in [5.74, 6) is 0. The molecule has 3 heterocycles. The highest BCUT2D eigenvalue weighted by Gasteiger charge is 2.24. The summed E-state index contributed by atoms with van der Waals surface area (Å²) in [5.41, 5.74) is 9.88. The van der Waals surface area contributed by atoms with Crippen LogP contribution in [0.15, 0.2) is 146 Å². The zero-order valence-corrected chi connectivity index (χ0v) is 21.8. The van der Waals surface area contributed by atoms with E-state index in [1.807, 2.05) is 0 Å². The maximum absolute atomic E-state index is 2.49. The first kappa shape index (κ1) is 21.6. The maximum Gasteiger partial charge on any atom is 0.0655 e. The summed E-state index contributed by atoms with van der Waals surface area (Å²) in [6.45, 7) is 0. The molecular formula is C38H24N2. The van der Waals surface area contributed by atoms with Gasteiger partial charge in [0.05, 0.1) is 27.6 Å². The summed E-state index contributed by atoms with van der Waals surface area (Å²) >= 11 is 0. The Morgan fingerprint density at radius 2 is 1.00 bits per heavy atom. The number of hydrogen-bond acceptors (Lipinski definition) is 0. The van der Waals surface area contributed by atoms with Crippen molar-refractivity contribution in [2.24, 2.45) is 0 Å². The van der Waals surface area contributed by atoms with Crippen LogP contribution in [0.4, 0.5) is 0 Å². The van der Waals surface area contributed by atoms with Crippen LogP contribution in [0, 0.1) is 0 Å². The zero-order valence-electron chi connectivity index (χ0n) is 21.8. The lowest BCUT2D eigenvalue weighted by atomic mass is 10.00. The Labute approximate surface area is 230 Å². The first-order valence-electron chi connectivity index (χ1n) is 13.8. The highest BCUT2D eigenvalue weighted by atomic mass is 15.0. The van der Waals surface area contributed by atoms with Crippen molar-refractivity contribution in [1.82, 2.24) is 8.97 Å². The van der Waals surface area contributed by atoms with Crippen molar-refractivity contribution in [2.75, 3.05) is 0 Å². The van der Waals surface area contributed by atoms with Gasteiger partial charge in [0.2, 0.25) is 0 Å². The number of rotatable bonds is 2. The quantitative estimate of drug-likeness (QED) is 0.220. The fourth-order valence-corrected chi connectivity index (χ4v) is 6.81. The average molecular weight is 509 g/mol. The molecule has 186 valence electrons. The number of aromatic nitrogens is 2. The lowest BCUT2D eigenvalue weighted by Gasteiger charge is -2.13. The summed E-state index contributed by atoms with van der Waals surface area (Å²) in [6.07, 6.45) is 0. The van der Waals surface area contributed by atoms with Crippen LogP contribution in [0.2, 0.25) is 0 Å². The van der Waals surface area contributed by atoms with E-state index in [4.69, 9.17) is 0 Å². The molecule has 3 aromatic heterocycles. The number of pyridine rings is 1. The van der Waals surface area contributed by atoms with E-state index in [0.717, 1.165) is 0 Å². The molecule has 0 spiro atoms. The molecular weight excluding hydrogens is 484 g/mol. The van der Waals surface area contributed by atoms with Gasteiger partial charge in [0.15, 0.2) is 0 Å². The van der Waals surface area contributed by atoms with Crippen LogP contribution in [0.3, 0.4) is 0 Å². The van der Waals surface area contributed by atoms with E-state index in [9.17, 15) is 0 Å². The van der Waals surface area contributed by atoms with Gasteiger partial charge in [-0.25, -0.2) is 0 Å². The summed E-state index contributed by atoms with van der Waals surface area (Å²) in [4.78, 5) is 0. The van der Waals surface area contributed by atoms with E-state index in [1.165, 1.54) is 76.7 Å². The van der Waals surface area contributed by atoms with Gasteiger partial charge in [-0.05, 0) is 46.7 Å². The lowest BCUT2D eigenvalue weighted by Crippen LogP contribution is -1.97. The molecule has 0 saturated carbocycles. The summed E-state index contributed by atoms with van der Waals surface area (Å²) in [7, 11) is 0. The van der Waals surface area contributed by atoms with Crippen molar-refractivity contribution >= 4 is 59.9 Å². The van der Waals surface area contributed by atoms with Crippen molar-refractivity contribution in [3.05, 3.63) is 146 Å². The Balaban J connectivity index is 1.60. The Bertz CT molecular complexity index is 2420. The van der Waals surface area contributed by atoms with Crippen LogP contribution in [-0.4, -0.2) is 8.97 Å². The molecule has 9 aromatic rings. The molecule has 0 saturated heterocycles. The molecule has 0 N–H and O–H groups in total. The van der Waals surface area contributed by atoms with E-state index in [-0.39, 0.29) is 0 Å². The Morgan fingerprint density at radius 3 is 1.80 bits per heavy atom. The first-order chi connectivity index (χ1) is 19.9. The monoisotopic (exact) mass is 508 g/mol. The van der Waals surface area contributed by atoms with Crippen molar-refractivity contribution in [3.8, 4) is 16.8 Å². The highest BCUT2D eigenvalue weighted by molar-refractivity contribution is 6.29. The van der Waals surface area contributed by atoms with Gasteiger partial charge in [-0.3, -0.25) is 0 Å². The number of fused-ring (bicyclic) bond motifs is 11. The predicted molar refractivity (Wildman–Crippen MR) is 170 cm³/mol. The van der Waals surface area contributed by atoms with Crippen molar-refractivity contribution in [3.63, 3.8) is 0 Å². The third-order valence-electron chi connectivity index (χ3n) is 8.44. The molecule has 2 nitrogen and oxygen atoms in total. The molecule has 0 radical (unpaired) electrons. The maximum atomic E-state index is 2.49. The van der Waals surface area contributed by atoms with Gasteiger partial charge in [0.25, 0.3) is 0 Å². The molecule has 6 aromatic carbocycles. The molecule has 0 amide bonds. The molecule has 0 aliphatic carbocycles. The largest absolute Gasteiger partial charge is 0.308 e. The minimum Gasteiger partial charge on any atom is -0.308 e. The molecule has 0 bridgehead atoms. The molecule has 2 heteroatoms. The fourth-order valence-electron chi connectivity index (χ4n) is 6.81. The van der Waals surface area contributed by atoms with Crippen molar-refractivity contribution in [1.29, 1.82) is 0 Å². The van der Waals surface area contributed by atoms with Crippen LogP contribution in [-0.2, 0) is 0 Å². The van der Waals surface area contributed by atoms with Crippen LogP contribution >= 0.6 is 0 Å². The van der Waals surface area contributed by atoms with E-state index in [2.05, 4.69) is 155 Å². The SMILES string of the molecule is c1ccc(-c2c3ccccc3n3c4ccccc4c4c(c5ccccc5n4-c4ccc5ccccc5c4)c23)cc1. The van der Waals surface area contributed by atoms with Gasteiger partial charge in [0.1, 0.15) is 0 Å². The van der Waals surface area contributed by atoms with Gasteiger partial charge in [0, 0.05) is 32.8 Å². The molecule has 0 atom stereocenters. The number of hydrogen-bond donors (Lipinski definition) is 0. The molecule has 0 fully saturated rings. The average Bonchev–Trinajstić information content (AvgIpc) is 3.55. The number of nitrogens with zero attached hydrogens (tertiary/aromatic N) is 2. The summed E-state index contributed by atoms with van der Waals surface area (Å²) in [5, 5.41) is 7.57. The molecule has 40 heavy (non-hydrogen) atoms. The first-order valence-corrected chi connectivity index (χ1v) is 13.8. The molecule has 0 aliphatic heterocycles. The highest BCUT2D eigenvalue weighted by Crippen LogP contribution is 2.46. The van der Waals surface area contributed by atoms with Crippen LogP contribution in [0.1, 0.15) is 0 Å². The van der Waals surface area contributed by atoms with Gasteiger partial charge in [-0.2, -0.15) is 0 Å². The zero-order chi connectivity index (χ0) is 26.2. The van der Waals surface area contributed by atoms with E-state index in [1.54, 1.807) is 0 Å². The topological polar surface area (TPSA) is 9.34 Å². The summed E-state index contributed by atoms with van der Waals surface area (Å²) < 4.78 is 4.97. The second kappa shape index (κ2) is 8.08. The molecule has 0 aliphatic rings. The van der Waals surface area contributed by atoms with Crippen molar-refractivity contribution < 1.29 is 0 Å². The Morgan fingerprint density at radius 1 is 0.400 bits per heavy atom. The third-order valence-corrected chi connectivity index (χ3v) is 8.44. The fraction of sp³-hybridized carbons (Fsp3) is 0. The Kier molecular flexibility index (Phi) is 4.36. The van der Waals surface area contributed by atoms with Gasteiger partial charge in [-0.15, -0.1) is 0 Å².